The van der Waals surface area contributed by atoms with Crippen LogP contribution in [0.1, 0.15) is 51.3 Å². The molecule has 1 aliphatic heterocycles. The van der Waals surface area contributed by atoms with Crippen molar-refractivity contribution >= 4 is 0 Å². The number of rotatable bonds is 9. The molecule has 0 bridgehead atoms. The van der Waals surface area contributed by atoms with E-state index in [2.05, 4.69) is 28.9 Å². The zero-order valence-electron chi connectivity index (χ0n) is 13.6. The van der Waals surface area contributed by atoms with E-state index in [1.807, 2.05) is 6.20 Å². The second kappa shape index (κ2) is 8.39. The maximum absolute atomic E-state index is 5.54. The zero-order valence-corrected chi connectivity index (χ0v) is 13.6. The van der Waals surface area contributed by atoms with Gasteiger partial charge in [0.25, 0.3) is 0 Å². The van der Waals surface area contributed by atoms with Crippen molar-refractivity contribution in [2.75, 3.05) is 26.9 Å². The van der Waals surface area contributed by atoms with Crippen molar-refractivity contribution in [3.63, 3.8) is 0 Å². The maximum atomic E-state index is 5.54. The highest BCUT2D eigenvalue weighted by Gasteiger charge is 2.26. The molecule has 1 aromatic heterocycles. The van der Waals surface area contributed by atoms with Crippen molar-refractivity contribution in [3.05, 3.63) is 11.9 Å². The fourth-order valence-corrected chi connectivity index (χ4v) is 2.99. The van der Waals surface area contributed by atoms with Gasteiger partial charge in [0, 0.05) is 19.8 Å². The van der Waals surface area contributed by atoms with Gasteiger partial charge in [-0.3, -0.25) is 4.68 Å². The minimum absolute atomic E-state index is 0.292. The first-order chi connectivity index (χ1) is 10.3. The molecule has 2 heterocycles. The largest absolute Gasteiger partial charge is 0.493 e. The summed E-state index contributed by atoms with van der Waals surface area (Å²) in [6, 6.07) is 0.292. The van der Waals surface area contributed by atoms with Crippen LogP contribution in [-0.4, -0.2) is 36.6 Å². The summed E-state index contributed by atoms with van der Waals surface area (Å²) in [5.74, 6) is 1.53. The summed E-state index contributed by atoms with van der Waals surface area (Å²) in [5, 5.41) is 8.18. The zero-order chi connectivity index (χ0) is 15.1. The molecule has 1 N–H and O–H groups in total. The lowest BCUT2D eigenvalue weighted by atomic mass is 9.96. The summed E-state index contributed by atoms with van der Waals surface area (Å²) >= 11 is 0. The van der Waals surface area contributed by atoms with Gasteiger partial charge in [0.1, 0.15) is 0 Å². The van der Waals surface area contributed by atoms with Crippen LogP contribution in [0.3, 0.4) is 0 Å². The summed E-state index contributed by atoms with van der Waals surface area (Å²) < 4.78 is 13.2. The normalized spacial score (nSPS) is 19.9. The van der Waals surface area contributed by atoms with Gasteiger partial charge in [-0.25, -0.2) is 0 Å². The summed E-state index contributed by atoms with van der Waals surface area (Å²) in [4.78, 5) is 0. The molecule has 2 atom stereocenters. The van der Waals surface area contributed by atoms with E-state index in [1.165, 1.54) is 5.69 Å². The van der Waals surface area contributed by atoms with Gasteiger partial charge in [0.2, 0.25) is 0 Å². The van der Waals surface area contributed by atoms with Crippen LogP contribution in [0.2, 0.25) is 0 Å². The summed E-state index contributed by atoms with van der Waals surface area (Å²) in [6.45, 7) is 8.11. The van der Waals surface area contributed by atoms with E-state index in [9.17, 15) is 0 Å². The van der Waals surface area contributed by atoms with Gasteiger partial charge < -0.3 is 14.8 Å². The second-order valence-corrected chi connectivity index (χ2v) is 5.79. The predicted octanol–water partition coefficient (Wildman–Crippen LogP) is 2.77. The Morgan fingerprint density at radius 2 is 2.33 bits per heavy atom. The molecule has 120 valence electrons. The van der Waals surface area contributed by atoms with Crippen LogP contribution >= 0.6 is 0 Å². The summed E-state index contributed by atoms with van der Waals surface area (Å²) in [6.07, 6.45) is 6.30. The molecule has 21 heavy (non-hydrogen) atoms. The second-order valence-electron chi connectivity index (χ2n) is 5.79. The lowest BCUT2D eigenvalue weighted by molar-refractivity contribution is 0.180. The Morgan fingerprint density at radius 3 is 2.95 bits per heavy atom. The van der Waals surface area contributed by atoms with Gasteiger partial charge in [0.15, 0.2) is 5.75 Å². The highest BCUT2D eigenvalue weighted by atomic mass is 16.5. The van der Waals surface area contributed by atoms with Crippen molar-refractivity contribution in [2.24, 2.45) is 5.92 Å². The minimum Gasteiger partial charge on any atom is -0.493 e. The topological polar surface area (TPSA) is 48.3 Å². The van der Waals surface area contributed by atoms with Gasteiger partial charge in [-0.05, 0) is 38.1 Å². The van der Waals surface area contributed by atoms with Gasteiger partial charge in [0.05, 0.1) is 25.0 Å². The van der Waals surface area contributed by atoms with E-state index in [1.54, 1.807) is 7.11 Å². The smallest absolute Gasteiger partial charge is 0.161 e. The average Bonchev–Trinajstić information content (AvgIpc) is 3.13. The Hall–Kier alpha value is -1.07. The van der Waals surface area contributed by atoms with Crippen LogP contribution < -0.4 is 10.1 Å². The number of aryl methyl sites for hydroxylation is 1. The van der Waals surface area contributed by atoms with Crippen molar-refractivity contribution < 1.29 is 9.47 Å². The van der Waals surface area contributed by atoms with Crippen molar-refractivity contribution in [1.29, 1.82) is 0 Å². The third-order valence-corrected chi connectivity index (χ3v) is 4.06. The minimum atomic E-state index is 0.292. The van der Waals surface area contributed by atoms with Crippen LogP contribution in [0, 0.1) is 5.92 Å². The highest BCUT2D eigenvalue weighted by Crippen LogP contribution is 2.32. The first-order valence-corrected chi connectivity index (χ1v) is 8.20. The molecule has 1 saturated heterocycles. The third-order valence-electron chi connectivity index (χ3n) is 4.06. The molecule has 1 fully saturated rings. The van der Waals surface area contributed by atoms with E-state index in [-0.39, 0.29) is 0 Å². The Bertz CT molecular complexity index is 414. The van der Waals surface area contributed by atoms with E-state index in [4.69, 9.17) is 9.47 Å². The first-order valence-electron chi connectivity index (χ1n) is 8.20. The van der Waals surface area contributed by atoms with Crippen molar-refractivity contribution in [1.82, 2.24) is 15.1 Å². The Balaban J connectivity index is 2.18. The number of hydrogen-bond acceptors (Lipinski definition) is 4. The molecule has 5 nitrogen and oxygen atoms in total. The average molecular weight is 295 g/mol. The standard InChI is InChI=1S/C16H29N3O2/c1-4-7-17-14(10-13-6-9-21-12-13)16-15(20-3)11-18-19(16)8-5-2/h11,13-14,17H,4-10,12H2,1-3H3. The van der Waals surface area contributed by atoms with Crippen LogP contribution in [0.4, 0.5) is 0 Å². The number of aromatic nitrogens is 2. The molecule has 0 aliphatic carbocycles. The van der Waals surface area contributed by atoms with E-state index >= 15 is 0 Å². The summed E-state index contributed by atoms with van der Waals surface area (Å²) in [5.41, 5.74) is 1.19. The van der Waals surface area contributed by atoms with E-state index in [0.29, 0.717) is 12.0 Å². The molecule has 0 radical (unpaired) electrons. The molecule has 0 spiro atoms. The molecule has 1 aliphatic rings. The quantitative estimate of drug-likeness (QED) is 0.761. The SMILES string of the molecule is CCCNC(CC1CCOC1)c1c(OC)cnn1CCC. The maximum Gasteiger partial charge on any atom is 0.161 e. The first kappa shape index (κ1) is 16.3. The fourth-order valence-electron chi connectivity index (χ4n) is 2.99. The molecule has 2 rings (SSSR count). The molecule has 0 aromatic carbocycles. The van der Waals surface area contributed by atoms with Gasteiger partial charge in [-0.15, -0.1) is 0 Å². The molecule has 2 unspecified atom stereocenters. The number of ether oxygens (including phenoxy) is 2. The van der Waals surface area contributed by atoms with E-state index < -0.39 is 0 Å². The van der Waals surface area contributed by atoms with Gasteiger partial charge in [-0.2, -0.15) is 5.10 Å². The lowest BCUT2D eigenvalue weighted by Gasteiger charge is -2.23. The Morgan fingerprint density at radius 1 is 1.48 bits per heavy atom. The third kappa shape index (κ3) is 4.20. The van der Waals surface area contributed by atoms with Crippen molar-refractivity contribution in [2.45, 2.75) is 52.1 Å². The molecular weight excluding hydrogens is 266 g/mol. The van der Waals surface area contributed by atoms with Gasteiger partial charge in [-0.1, -0.05) is 13.8 Å². The summed E-state index contributed by atoms with van der Waals surface area (Å²) in [7, 11) is 1.73. The number of nitrogens with zero attached hydrogens (tertiary/aromatic N) is 2. The Labute approximate surface area is 128 Å². The molecular formula is C16H29N3O2. The van der Waals surface area contributed by atoms with Crippen LogP contribution in [0.5, 0.6) is 5.75 Å². The van der Waals surface area contributed by atoms with Crippen molar-refractivity contribution in [3.8, 4) is 5.75 Å². The lowest BCUT2D eigenvalue weighted by Crippen LogP contribution is -2.27. The molecule has 5 heteroatoms. The van der Waals surface area contributed by atoms with Gasteiger partial charge >= 0.3 is 0 Å². The fraction of sp³-hybridized carbons (Fsp3) is 0.812. The molecule has 0 saturated carbocycles. The van der Waals surface area contributed by atoms with Crippen LogP contribution in [0.25, 0.3) is 0 Å². The van der Waals surface area contributed by atoms with E-state index in [0.717, 1.165) is 57.7 Å². The monoisotopic (exact) mass is 295 g/mol. The van der Waals surface area contributed by atoms with Crippen LogP contribution in [0.15, 0.2) is 6.20 Å². The highest BCUT2D eigenvalue weighted by molar-refractivity contribution is 5.28. The number of methoxy groups -OCH3 is 1. The van der Waals surface area contributed by atoms with Crippen LogP contribution in [-0.2, 0) is 11.3 Å². The molecule has 1 aromatic rings. The number of nitrogens with one attached hydrogen (secondary N) is 1. The molecule has 0 amide bonds. The Kier molecular flexibility index (Phi) is 6.51. The number of hydrogen-bond donors (Lipinski definition) is 1. The predicted molar refractivity (Wildman–Crippen MR) is 83.6 cm³/mol.